The number of phosphoric acid groups is 1. The molecule has 0 aliphatic rings. The Morgan fingerprint density at radius 3 is 1.95 bits per heavy atom. The summed E-state index contributed by atoms with van der Waals surface area (Å²) < 4.78 is 54.2. The van der Waals surface area contributed by atoms with Crippen molar-refractivity contribution in [2.75, 3.05) is 32.8 Å². The summed E-state index contributed by atoms with van der Waals surface area (Å²) in [7, 11) is -4.57. The van der Waals surface area contributed by atoms with Gasteiger partial charge in [-0.3, -0.25) is 4.52 Å². The minimum atomic E-state index is -4.57. The molecule has 0 heterocycles. The van der Waals surface area contributed by atoms with E-state index in [0.717, 1.165) is 57.5 Å². The predicted octanol–water partition coefficient (Wildman–Crippen LogP) is 7.09. The minimum Gasteiger partial charge on any atom is -0.394 e. The molecule has 0 spiro atoms. The van der Waals surface area contributed by atoms with Crippen LogP contribution in [0.25, 0.3) is 21.5 Å². The number of alkyl halides is 3. The van der Waals surface area contributed by atoms with Gasteiger partial charge in [0.25, 0.3) is 0 Å². The van der Waals surface area contributed by atoms with E-state index in [-0.39, 0.29) is 0 Å². The number of hydrogen-bond donors (Lipinski definition) is 5. The van der Waals surface area contributed by atoms with Crippen LogP contribution in [0.4, 0.5) is 13.2 Å². The van der Waals surface area contributed by atoms with Crippen LogP contribution < -0.4 is 0 Å². The highest BCUT2D eigenvalue weighted by molar-refractivity contribution is 7.46. The van der Waals surface area contributed by atoms with Gasteiger partial charge in [-0.15, -0.1) is 0 Å². The molecule has 0 aliphatic heterocycles. The molecule has 3 rings (SSSR count). The Hall–Kier alpha value is -1.50. The van der Waals surface area contributed by atoms with E-state index < -0.39 is 45.0 Å². The maximum absolute atomic E-state index is 13.4. The zero-order valence-electron chi connectivity index (χ0n) is 24.0. The third-order valence-electron chi connectivity index (χ3n) is 6.77. The van der Waals surface area contributed by atoms with Crippen LogP contribution in [-0.4, -0.2) is 69.0 Å². The molecule has 0 aromatic heterocycles. The number of aliphatic hydroxyl groups excluding tert-OH is 3. The van der Waals surface area contributed by atoms with Crippen molar-refractivity contribution in [3.05, 3.63) is 57.6 Å². The van der Waals surface area contributed by atoms with Gasteiger partial charge in [0.15, 0.2) is 0 Å². The van der Waals surface area contributed by atoms with Crippen LogP contribution in [-0.2, 0) is 15.3 Å². The molecule has 242 valence electrons. The first kappa shape index (κ1) is 37.7. The third kappa shape index (κ3) is 11.7. The van der Waals surface area contributed by atoms with E-state index in [1.54, 1.807) is 18.2 Å². The number of unbranched alkanes of at least 4 members (excludes halogenated alkanes) is 2. The molecule has 8 nitrogen and oxygen atoms in total. The fourth-order valence-corrected chi connectivity index (χ4v) is 5.61. The predicted molar refractivity (Wildman–Crippen MR) is 163 cm³/mol. The number of rotatable bonds is 14. The normalized spacial score (nSPS) is 13.2. The van der Waals surface area contributed by atoms with Gasteiger partial charge in [-0.25, -0.2) is 4.57 Å². The van der Waals surface area contributed by atoms with E-state index >= 15 is 0 Å². The van der Waals surface area contributed by atoms with Crippen LogP contribution >= 0.6 is 31.0 Å². The molecule has 3 aromatic carbocycles. The first-order valence-corrected chi connectivity index (χ1v) is 16.2. The molecular weight excluding hydrogens is 633 g/mol. The molecule has 0 saturated carbocycles. The molecule has 3 aromatic rings. The standard InChI is InChI=1S/C26H30Cl2F3NO.C3H9O6P/c1-3-5-10-32(11-6-4-2)12-9-25(33)23-16-22-21(14-18(27)15-24(22)28)20-13-17(26(29,30)31)7-8-19(20)23;4-1-3(2-5)9-10(6,7)8/h7-8,13-16,25,33H,3-6,9-12H2,1-2H3;3-5H,1-2H2,(H2,6,7,8). The number of benzene rings is 3. The minimum absolute atomic E-state index is 0.345. The second-order valence-electron chi connectivity index (χ2n) is 10.1. The SMILES string of the molecule is CCCCN(CCCC)CCC(O)c1cc2c(Cl)cc(Cl)cc2c2cc(C(F)(F)F)ccc12.O=P(O)(O)OC(CO)CO. The zero-order valence-corrected chi connectivity index (χ0v) is 26.4. The lowest BCUT2D eigenvalue weighted by Crippen LogP contribution is -2.28. The summed E-state index contributed by atoms with van der Waals surface area (Å²) >= 11 is 12.6. The molecule has 0 radical (unpaired) electrons. The molecule has 0 amide bonds. The topological polar surface area (TPSA) is 131 Å². The Morgan fingerprint density at radius 1 is 0.884 bits per heavy atom. The second kappa shape index (κ2) is 17.3. The summed E-state index contributed by atoms with van der Waals surface area (Å²) in [4.78, 5) is 18.6. The molecule has 1 unspecified atom stereocenters. The quantitative estimate of drug-likeness (QED) is 0.0907. The Bertz CT molecular complexity index is 1360. The van der Waals surface area contributed by atoms with Gasteiger partial charge in [0.2, 0.25) is 0 Å². The van der Waals surface area contributed by atoms with Gasteiger partial charge in [0.1, 0.15) is 6.10 Å². The molecule has 1 atom stereocenters. The van der Waals surface area contributed by atoms with Crippen molar-refractivity contribution in [2.45, 2.75) is 64.3 Å². The van der Waals surface area contributed by atoms with Crippen molar-refractivity contribution in [2.24, 2.45) is 0 Å². The molecule has 0 bridgehead atoms. The molecule has 5 N–H and O–H groups in total. The number of nitrogens with zero attached hydrogens (tertiary/aromatic N) is 1. The van der Waals surface area contributed by atoms with Crippen LogP contribution in [0.3, 0.4) is 0 Å². The summed E-state index contributed by atoms with van der Waals surface area (Å²) in [6, 6.07) is 8.60. The zero-order chi connectivity index (χ0) is 32.4. The summed E-state index contributed by atoms with van der Waals surface area (Å²) in [5.41, 5.74) is -0.161. The lowest BCUT2D eigenvalue weighted by atomic mass is 9.92. The number of hydrogen-bond acceptors (Lipinski definition) is 6. The Kier molecular flexibility index (Phi) is 15.1. The van der Waals surface area contributed by atoms with Gasteiger partial charge in [-0.1, -0.05) is 56.0 Å². The largest absolute Gasteiger partial charge is 0.470 e. The van der Waals surface area contributed by atoms with E-state index in [1.165, 1.54) is 6.07 Å². The summed E-state index contributed by atoms with van der Waals surface area (Å²) in [6.07, 6.45) is -1.64. The lowest BCUT2D eigenvalue weighted by molar-refractivity contribution is -0.137. The molecular formula is C29H39Cl2F3NO7P. The van der Waals surface area contributed by atoms with Crippen LogP contribution in [0.1, 0.15) is 63.2 Å². The van der Waals surface area contributed by atoms with Gasteiger partial charge < -0.3 is 30.0 Å². The van der Waals surface area contributed by atoms with E-state index in [0.29, 0.717) is 43.6 Å². The van der Waals surface area contributed by atoms with Gasteiger partial charge in [-0.05, 0) is 84.4 Å². The highest BCUT2D eigenvalue weighted by atomic mass is 35.5. The van der Waals surface area contributed by atoms with E-state index in [9.17, 15) is 22.8 Å². The van der Waals surface area contributed by atoms with Crippen molar-refractivity contribution in [3.63, 3.8) is 0 Å². The first-order chi connectivity index (χ1) is 20.1. The maximum atomic E-state index is 13.4. The molecule has 14 heteroatoms. The third-order valence-corrected chi connectivity index (χ3v) is 7.87. The Labute approximate surface area is 259 Å². The molecule has 0 fully saturated rings. The molecule has 43 heavy (non-hydrogen) atoms. The molecule has 0 saturated heterocycles. The van der Waals surface area contributed by atoms with E-state index in [2.05, 4.69) is 23.3 Å². The average molecular weight is 673 g/mol. The summed E-state index contributed by atoms with van der Waals surface area (Å²) in [5, 5.41) is 30.4. The van der Waals surface area contributed by atoms with Crippen molar-refractivity contribution >= 4 is 52.6 Å². The van der Waals surface area contributed by atoms with Crippen molar-refractivity contribution in [1.82, 2.24) is 4.90 Å². The highest BCUT2D eigenvalue weighted by Crippen LogP contribution is 2.41. The fourth-order valence-electron chi connectivity index (χ4n) is 4.54. The monoisotopic (exact) mass is 671 g/mol. The van der Waals surface area contributed by atoms with Crippen molar-refractivity contribution in [1.29, 1.82) is 0 Å². The number of phosphoric ester groups is 1. The Balaban J connectivity index is 0.000000553. The summed E-state index contributed by atoms with van der Waals surface area (Å²) in [5.74, 6) is 0. The van der Waals surface area contributed by atoms with Crippen LogP contribution in [0.2, 0.25) is 10.0 Å². The molecule has 0 aliphatic carbocycles. The number of fused-ring (bicyclic) bond motifs is 3. The number of halogens is 5. The smallest absolute Gasteiger partial charge is 0.394 e. The van der Waals surface area contributed by atoms with Gasteiger partial charge in [-0.2, -0.15) is 13.2 Å². The highest BCUT2D eigenvalue weighted by Gasteiger charge is 2.31. The van der Waals surface area contributed by atoms with Crippen LogP contribution in [0.15, 0.2) is 36.4 Å². The van der Waals surface area contributed by atoms with E-state index in [1.807, 2.05) is 0 Å². The summed E-state index contributed by atoms with van der Waals surface area (Å²) in [6.45, 7) is 5.72. The van der Waals surface area contributed by atoms with E-state index in [4.69, 9.17) is 43.2 Å². The van der Waals surface area contributed by atoms with Gasteiger partial charge in [0.05, 0.1) is 24.9 Å². The second-order valence-corrected chi connectivity index (χ2v) is 12.2. The average Bonchev–Trinajstić information content (AvgIpc) is 2.94. The van der Waals surface area contributed by atoms with Gasteiger partial charge >= 0.3 is 14.0 Å². The fraction of sp³-hybridized carbons (Fsp3) is 0.517. The first-order valence-electron chi connectivity index (χ1n) is 13.9. The lowest BCUT2D eigenvalue weighted by Gasteiger charge is -2.24. The van der Waals surface area contributed by atoms with Crippen LogP contribution in [0.5, 0.6) is 0 Å². The van der Waals surface area contributed by atoms with Gasteiger partial charge in [0, 0.05) is 22.0 Å². The van der Waals surface area contributed by atoms with Crippen molar-refractivity contribution in [3.8, 4) is 0 Å². The van der Waals surface area contributed by atoms with Crippen LogP contribution in [0, 0.1) is 0 Å². The van der Waals surface area contributed by atoms with Crippen molar-refractivity contribution < 1.29 is 47.4 Å². The Morgan fingerprint density at radius 2 is 1.47 bits per heavy atom. The number of aliphatic hydroxyl groups is 3. The maximum Gasteiger partial charge on any atom is 0.470 e.